The minimum Gasteiger partial charge on any atom is -0.373 e. The van der Waals surface area contributed by atoms with Gasteiger partial charge in [-0.15, -0.1) is 0 Å². The third-order valence-electron chi connectivity index (χ3n) is 2.65. The van der Waals surface area contributed by atoms with Crippen molar-refractivity contribution in [2.75, 3.05) is 6.61 Å². The molecule has 64 valence electrons. The number of ether oxygens (including phenoxy) is 1. The molecular weight excluding hydrogens is 150 g/mol. The number of rotatable bonds is 1. The third-order valence-corrected chi connectivity index (χ3v) is 2.65. The Kier molecular flexibility index (Phi) is 1.63. The standard InChI is InChI=1S/C8H12F2O/c9-8(10)3-1-6(2-4-8)7-5-11-7/h6-7H,1-5H2. The summed E-state index contributed by atoms with van der Waals surface area (Å²) in [6, 6.07) is 0. The van der Waals surface area contributed by atoms with E-state index in [2.05, 4.69) is 0 Å². The summed E-state index contributed by atoms with van der Waals surface area (Å²) in [5, 5.41) is 0. The largest absolute Gasteiger partial charge is 0.373 e. The van der Waals surface area contributed by atoms with Gasteiger partial charge in [-0.05, 0) is 18.8 Å². The molecule has 0 N–H and O–H groups in total. The minimum atomic E-state index is -2.38. The fourth-order valence-electron chi connectivity index (χ4n) is 1.76. The summed E-state index contributed by atoms with van der Waals surface area (Å²) in [6.45, 7) is 0.802. The Hall–Kier alpha value is -0.180. The van der Waals surface area contributed by atoms with Crippen molar-refractivity contribution < 1.29 is 13.5 Å². The molecule has 1 nitrogen and oxygen atoms in total. The van der Waals surface area contributed by atoms with Crippen LogP contribution < -0.4 is 0 Å². The lowest BCUT2D eigenvalue weighted by Crippen LogP contribution is -2.26. The molecule has 11 heavy (non-hydrogen) atoms. The van der Waals surface area contributed by atoms with Crippen molar-refractivity contribution in [1.82, 2.24) is 0 Å². The molecule has 0 radical (unpaired) electrons. The number of halogens is 2. The van der Waals surface area contributed by atoms with Crippen LogP contribution in [0.2, 0.25) is 0 Å². The molecule has 2 rings (SSSR count). The monoisotopic (exact) mass is 162 g/mol. The molecule has 1 heterocycles. The lowest BCUT2D eigenvalue weighted by molar-refractivity contribution is -0.0482. The molecule has 2 fully saturated rings. The van der Waals surface area contributed by atoms with Gasteiger partial charge in [0.1, 0.15) is 0 Å². The maximum absolute atomic E-state index is 12.6. The smallest absolute Gasteiger partial charge is 0.248 e. The van der Waals surface area contributed by atoms with E-state index in [1.165, 1.54) is 0 Å². The highest BCUT2D eigenvalue weighted by Crippen LogP contribution is 2.40. The van der Waals surface area contributed by atoms with Crippen molar-refractivity contribution in [3.63, 3.8) is 0 Å². The summed E-state index contributed by atoms with van der Waals surface area (Å²) >= 11 is 0. The second-order valence-electron chi connectivity index (χ2n) is 3.57. The molecule has 1 saturated heterocycles. The van der Waals surface area contributed by atoms with Gasteiger partial charge in [0.25, 0.3) is 0 Å². The summed E-state index contributed by atoms with van der Waals surface area (Å²) in [6.07, 6.45) is 1.76. The molecule has 1 saturated carbocycles. The van der Waals surface area contributed by atoms with Crippen molar-refractivity contribution >= 4 is 0 Å². The molecule has 0 aromatic carbocycles. The van der Waals surface area contributed by atoms with E-state index in [9.17, 15) is 8.78 Å². The van der Waals surface area contributed by atoms with Crippen LogP contribution in [0.1, 0.15) is 25.7 Å². The maximum atomic E-state index is 12.6. The molecular formula is C8H12F2O. The van der Waals surface area contributed by atoms with Crippen molar-refractivity contribution in [2.24, 2.45) is 5.92 Å². The van der Waals surface area contributed by atoms with E-state index in [0.717, 1.165) is 6.61 Å². The first-order chi connectivity index (χ1) is 5.17. The van der Waals surface area contributed by atoms with Gasteiger partial charge in [-0.3, -0.25) is 0 Å². The quantitative estimate of drug-likeness (QED) is 0.538. The molecule has 0 aromatic rings. The van der Waals surface area contributed by atoms with Crippen molar-refractivity contribution in [2.45, 2.75) is 37.7 Å². The zero-order valence-corrected chi connectivity index (χ0v) is 6.35. The SMILES string of the molecule is FC1(F)CCC(C2CO2)CC1. The van der Waals surface area contributed by atoms with Gasteiger partial charge in [0.2, 0.25) is 5.92 Å². The second-order valence-corrected chi connectivity index (χ2v) is 3.57. The van der Waals surface area contributed by atoms with Crippen LogP contribution in [-0.2, 0) is 4.74 Å². The zero-order chi connectivity index (χ0) is 7.90. The predicted octanol–water partition coefficient (Wildman–Crippen LogP) is 2.21. The summed E-state index contributed by atoms with van der Waals surface area (Å²) < 4.78 is 30.3. The van der Waals surface area contributed by atoms with Gasteiger partial charge in [0.05, 0.1) is 12.7 Å². The van der Waals surface area contributed by atoms with Gasteiger partial charge in [0.15, 0.2) is 0 Å². The van der Waals surface area contributed by atoms with Gasteiger partial charge in [0, 0.05) is 12.8 Å². The Balaban J connectivity index is 1.84. The lowest BCUT2D eigenvalue weighted by atomic mass is 9.85. The van der Waals surface area contributed by atoms with Crippen molar-refractivity contribution in [1.29, 1.82) is 0 Å². The number of hydrogen-bond acceptors (Lipinski definition) is 1. The summed E-state index contributed by atoms with van der Waals surface area (Å²) in [5.74, 6) is -1.96. The highest BCUT2D eigenvalue weighted by atomic mass is 19.3. The molecule has 0 amide bonds. The average Bonchev–Trinajstić information content (AvgIpc) is 2.70. The molecule has 1 aliphatic heterocycles. The van der Waals surface area contributed by atoms with Crippen LogP contribution in [0.15, 0.2) is 0 Å². The third kappa shape index (κ3) is 1.70. The van der Waals surface area contributed by atoms with Crippen LogP contribution >= 0.6 is 0 Å². The van der Waals surface area contributed by atoms with E-state index in [1.54, 1.807) is 0 Å². The average molecular weight is 162 g/mol. The highest BCUT2D eigenvalue weighted by molar-refractivity contribution is 4.86. The molecule has 1 unspecified atom stereocenters. The number of alkyl halides is 2. The van der Waals surface area contributed by atoms with Crippen LogP contribution in [0.4, 0.5) is 8.78 Å². The van der Waals surface area contributed by atoms with E-state index in [0.29, 0.717) is 24.9 Å². The Morgan fingerprint density at radius 1 is 1.18 bits per heavy atom. The lowest BCUT2D eigenvalue weighted by Gasteiger charge is -2.26. The fraction of sp³-hybridized carbons (Fsp3) is 1.00. The normalized spacial score (nSPS) is 37.1. The van der Waals surface area contributed by atoms with Crippen LogP contribution in [-0.4, -0.2) is 18.6 Å². The van der Waals surface area contributed by atoms with Gasteiger partial charge in [-0.1, -0.05) is 0 Å². The van der Waals surface area contributed by atoms with Gasteiger partial charge < -0.3 is 4.74 Å². The van der Waals surface area contributed by atoms with E-state index in [4.69, 9.17) is 4.74 Å². The van der Waals surface area contributed by atoms with Crippen LogP contribution in [0.3, 0.4) is 0 Å². The molecule has 0 aromatic heterocycles. The number of epoxide rings is 1. The summed E-state index contributed by atoms with van der Waals surface area (Å²) in [4.78, 5) is 0. The van der Waals surface area contributed by atoms with Crippen molar-refractivity contribution in [3.05, 3.63) is 0 Å². The first-order valence-corrected chi connectivity index (χ1v) is 4.17. The van der Waals surface area contributed by atoms with Gasteiger partial charge in [-0.25, -0.2) is 8.78 Å². The first-order valence-electron chi connectivity index (χ1n) is 4.17. The summed E-state index contributed by atoms with van der Waals surface area (Å²) in [7, 11) is 0. The fourth-order valence-corrected chi connectivity index (χ4v) is 1.76. The van der Waals surface area contributed by atoms with E-state index in [-0.39, 0.29) is 12.8 Å². The first kappa shape index (κ1) is 7.47. The van der Waals surface area contributed by atoms with E-state index < -0.39 is 5.92 Å². The zero-order valence-electron chi connectivity index (χ0n) is 6.35. The van der Waals surface area contributed by atoms with Crippen LogP contribution in [0.5, 0.6) is 0 Å². The Morgan fingerprint density at radius 3 is 2.18 bits per heavy atom. The Labute approximate surface area is 64.7 Å². The van der Waals surface area contributed by atoms with Gasteiger partial charge >= 0.3 is 0 Å². The molecule has 0 spiro atoms. The predicted molar refractivity (Wildman–Crippen MR) is 36.6 cm³/mol. The van der Waals surface area contributed by atoms with Crippen LogP contribution in [0.25, 0.3) is 0 Å². The van der Waals surface area contributed by atoms with Crippen LogP contribution in [0, 0.1) is 5.92 Å². The highest BCUT2D eigenvalue weighted by Gasteiger charge is 2.41. The topological polar surface area (TPSA) is 12.5 Å². The maximum Gasteiger partial charge on any atom is 0.248 e. The number of hydrogen-bond donors (Lipinski definition) is 0. The van der Waals surface area contributed by atoms with E-state index >= 15 is 0 Å². The molecule has 3 heteroatoms. The Morgan fingerprint density at radius 2 is 1.73 bits per heavy atom. The molecule has 0 bridgehead atoms. The molecule has 2 aliphatic rings. The summed E-state index contributed by atoms with van der Waals surface area (Å²) in [5.41, 5.74) is 0. The van der Waals surface area contributed by atoms with Gasteiger partial charge in [-0.2, -0.15) is 0 Å². The Bertz CT molecular complexity index is 144. The molecule has 1 atom stereocenters. The van der Waals surface area contributed by atoms with Crippen molar-refractivity contribution in [3.8, 4) is 0 Å². The second kappa shape index (κ2) is 2.41. The minimum absolute atomic E-state index is 0.0670. The van der Waals surface area contributed by atoms with E-state index in [1.807, 2.05) is 0 Å². The molecule has 1 aliphatic carbocycles.